The van der Waals surface area contributed by atoms with Crippen molar-refractivity contribution in [3.63, 3.8) is 0 Å². The summed E-state index contributed by atoms with van der Waals surface area (Å²) in [5, 5.41) is 3.59. The maximum Gasteiger partial charge on any atom is 0.258 e. The average molecular weight is 475 g/mol. The lowest BCUT2D eigenvalue weighted by Crippen LogP contribution is -2.32. The smallest absolute Gasteiger partial charge is 0.258 e. The number of nitrogens with zero attached hydrogens (tertiary/aromatic N) is 1. The molecule has 0 spiro atoms. The fourth-order valence-electron chi connectivity index (χ4n) is 5.05. The Morgan fingerprint density at radius 3 is 2.59 bits per heavy atom. The fraction of sp³-hybridized carbons (Fsp3) is 0.286. The van der Waals surface area contributed by atoms with E-state index in [0.717, 1.165) is 41.8 Å². The number of fused-ring (bicyclic) bond motifs is 3. The molecule has 2 aliphatic rings. The summed E-state index contributed by atoms with van der Waals surface area (Å²) in [6, 6.07) is 18.6. The maximum atomic E-state index is 13.7. The molecule has 2 unspecified atom stereocenters. The molecule has 0 aliphatic carbocycles. The quantitative estimate of drug-likeness (QED) is 0.482. The summed E-state index contributed by atoms with van der Waals surface area (Å²) in [4.78, 5) is 28.3. The molecule has 2 heterocycles. The van der Waals surface area contributed by atoms with Crippen LogP contribution in [0.2, 0.25) is 5.02 Å². The van der Waals surface area contributed by atoms with E-state index in [1.807, 2.05) is 61.2 Å². The van der Waals surface area contributed by atoms with Gasteiger partial charge in [-0.25, -0.2) is 0 Å². The van der Waals surface area contributed by atoms with Crippen LogP contribution >= 0.6 is 11.6 Å². The van der Waals surface area contributed by atoms with Gasteiger partial charge in [0.25, 0.3) is 11.8 Å². The largest absolute Gasteiger partial charge is 0.373 e. The van der Waals surface area contributed by atoms with Gasteiger partial charge in [-0.15, -0.1) is 0 Å². The number of hydrogen-bond acceptors (Lipinski definition) is 3. The Bertz CT molecular complexity index is 1270. The number of hydrogen-bond donors (Lipinski definition) is 1. The Labute approximate surface area is 204 Å². The first-order valence-corrected chi connectivity index (χ1v) is 12.0. The van der Waals surface area contributed by atoms with Crippen LogP contribution in [-0.2, 0) is 4.74 Å². The first kappa shape index (κ1) is 22.6. The van der Waals surface area contributed by atoms with Crippen molar-refractivity contribution in [1.82, 2.24) is 0 Å². The van der Waals surface area contributed by atoms with Crippen LogP contribution in [-0.4, -0.2) is 25.0 Å². The number of aryl methyl sites for hydroxylation is 2. The second-order valence-electron chi connectivity index (χ2n) is 9.09. The van der Waals surface area contributed by atoms with Crippen LogP contribution in [0.1, 0.15) is 56.4 Å². The van der Waals surface area contributed by atoms with Gasteiger partial charge in [0.2, 0.25) is 0 Å². The van der Waals surface area contributed by atoms with Gasteiger partial charge in [-0.05, 0) is 86.2 Å². The third-order valence-corrected chi connectivity index (χ3v) is 7.11. The van der Waals surface area contributed by atoms with Gasteiger partial charge in [0.05, 0.1) is 6.10 Å². The molecule has 1 fully saturated rings. The lowest BCUT2D eigenvalue weighted by atomic mass is 9.93. The molecule has 0 bridgehead atoms. The van der Waals surface area contributed by atoms with E-state index >= 15 is 0 Å². The third-order valence-electron chi connectivity index (χ3n) is 6.87. The van der Waals surface area contributed by atoms with Gasteiger partial charge in [-0.1, -0.05) is 29.8 Å². The second-order valence-corrected chi connectivity index (χ2v) is 9.52. The molecule has 2 aliphatic heterocycles. The first-order chi connectivity index (χ1) is 16.4. The highest BCUT2D eigenvalue weighted by Crippen LogP contribution is 2.45. The fourth-order valence-corrected chi connectivity index (χ4v) is 5.23. The summed E-state index contributed by atoms with van der Waals surface area (Å²) in [5.74, 6) is 0.161. The molecule has 3 aromatic rings. The lowest BCUT2D eigenvalue weighted by Gasteiger charge is -2.25. The van der Waals surface area contributed by atoms with E-state index in [0.29, 0.717) is 34.3 Å². The summed E-state index contributed by atoms with van der Waals surface area (Å²) in [6.07, 6.45) is 1.85. The monoisotopic (exact) mass is 474 g/mol. The van der Waals surface area contributed by atoms with Crippen LogP contribution in [0.3, 0.4) is 0 Å². The van der Waals surface area contributed by atoms with Crippen LogP contribution in [0.5, 0.6) is 0 Å². The van der Waals surface area contributed by atoms with Crippen molar-refractivity contribution in [3.8, 4) is 0 Å². The van der Waals surface area contributed by atoms with E-state index < -0.39 is 0 Å². The van der Waals surface area contributed by atoms with Gasteiger partial charge >= 0.3 is 0 Å². The summed E-state index contributed by atoms with van der Waals surface area (Å²) in [7, 11) is 0. The molecule has 3 aromatic carbocycles. The van der Waals surface area contributed by atoms with Crippen molar-refractivity contribution in [2.45, 2.75) is 32.8 Å². The molecular weight excluding hydrogens is 448 g/mol. The van der Waals surface area contributed by atoms with Gasteiger partial charge in [-0.3, -0.25) is 9.59 Å². The Morgan fingerprint density at radius 2 is 1.79 bits per heavy atom. The number of ether oxygens (including phenoxy) is 1. The topological polar surface area (TPSA) is 58.6 Å². The van der Waals surface area contributed by atoms with Gasteiger partial charge in [0.15, 0.2) is 0 Å². The number of carbonyl (C=O) groups excluding carboxylic acids is 2. The second kappa shape index (κ2) is 9.24. The standard InChI is InChI=1S/C28H27ClN2O3/c1-17-5-3-4-6-22(17)27(32)30-21-8-9-23(18(2)15-21)28(33)31-13-11-19-12-14-34-26(19)24-16-20(29)7-10-25(24)31/h3-10,15-16,19,26H,11-14H2,1-2H3,(H,30,32). The molecule has 174 valence electrons. The number of nitrogens with one attached hydrogen (secondary N) is 1. The van der Waals surface area contributed by atoms with E-state index in [2.05, 4.69) is 5.32 Å². The molecule has 34 heavy (non-hydrogen) atoms. The van der Waals surface area contributed by atoms with Crippen LogP contribution in [0.4, 0.5) is 11.4 Å². The highest BCUT2D eigenvalue weighted by molar-refractivity contribution is 6.30. The zero-order valence-corrected chi connectivity index (χ0v) is 20.1. The summed E-state index contributed by atoms with van der Waals surface area (Å²) < 4.78 is 6.04. The van der Waals surface area contributed by atoms with Gasteiger partial charge < -0.3 is 15.0 Å². The van der Waals surface area contributed by atoms with Crippen LogP contribution in [0, 0.1) is 19.8 Å². The Morgan fingerprint density at radius 1 is 0.971 bits per heavy atom. The Kier molecular flexibility index (Phi) is 6.15. The van der Waals surface area contributed by atoms with Crippen molar-refractivity contribution >= 4 is 34.8 Å². The molecule has 0 saturated carbocycles. The highest BCUT2D eigenvalue weighted by Gasteiger charge is 2.37. The predicted molar refractivity (Wildman–Crippen MR) is 135 cm³/mol. The Balaban J connectivity index is 1.41. The lowest BCUT2D eigenvalue weighted by molar-refractivity contribution is 0.0912. The number of anilines is 2. The van der Waals surface area contributed by atoms with Crippen LogP contribution in [0.15, 0.2) is 60.7 Å². The molecule has 0 radical (unpaired) electrons. The zero-order chi connectivity index (χ0) is 23.8. The minimum atomic E-state index is -0.165. The van der Waals surface area contributed by atoms with Crippen LogP contribution in [0.25, 0.3) is 0 Å². The maximum absolute atomic E-state index is 13.7. The summed E-state index contributed by atoms with van der Waals surface area (Å²) >= 11 is 6.31. The van der Waals surface area contributed by atoms with E-state index in [4.69, 9.17) is 16.3 Å². The zero-order valence-electron chi connectivity index (χ0n) is 19.3. The molecule has 1 N–H and O–H groups in total. The van der Waals surface area contributed by atoms with E-state index in [9.17, 15) is 9.59 Å². The number of halogens is 1. The summed E-state index contributed by atoms with van der Waals surface area (Å²) in [6.45, 7) is 5.18. The minimum Gasteiger partial charge on any atom is -0.373 e. The minimum absolute atomic E-state index is 0.0216. The van der Waals surface area contributed by atoms with Gasteiger partial charge in [0.1, 0.15) is 0 Å². The van der Waals surface area contributed by atoms with Gasteiger partial charge in [-0.2, -0.15) is 0 Å². The molecule has 2 amide bonds. The molecule has 5 rings (SSSR count). The van der Waals surface area contributed by atoms with Crippen molar-refractivity contribution in [2.24, 2.45) is 5.92 Å². The number of benzene rings is 3. The first-order valence-electron chi connectivity index (χ1n) is 11.6. The number of carbonyl (C=O) groups is 2. The SMILES string of the molecule is Cc1ccccc1C(=O)Nc1ccc(C(=O)N2CCC3CCOC3c3cc(Cl)ccc32)c(C)c1. The summed E-state index contributed by atoms with van der Waals surface area (Å²) in [5.41, 5.74) is 5.48. The van der Waals surface area contributed by atoms with E-state index in [-0.39, 0.29) is 17.9 Å². The Hall–Kier alpha value is -3.15. The normalized spacial score (nSPS) is 19.2. The number of amides is 2. The van der Waals surface area contributed by atoms with Crippen molar-refractivity contribution in [2.75, 3.05) is 23.4 Å². The number of rotatable bonds is 3. The van der Waals surface area contributed by atoms with Gasteiger partial charge in [0, 0.05) is 46.2 Å². The molecule has 2 atom stereocenters. The average Bonchev–Trinajstić information content (AvgIpc) is 3.23. The predicted octanol–water partition coefficient (Wildman–Crippen LogP) is 6.34. The molecule has 1 saturated heterocycles. The van der Waals surface area contributed by atoms with Crippen molar-refractivity contribution in [3.05, 3.63) is 93.5 Å². The van der Waals surface area contributed by atoms with Crippen molar-refractivity contribution in [1.29, 1.82) is 0 Å². The van der Waals surface area contributed by atoms with E-state index in [1.54, 1.807) is 18.2 Å². The molecule has 5 nitrogen and oxygen atoms in total. The third kappa shape index (κ3) is 4.22. The molecule has 0 aromatic heterocycles. The van der Waals surface area contributed by atoms with Crippen LogP contribution < -0.4 is 10.2 Å². The highest BCUT2D eigenvalue weighted by atomic mass is 35.5. The molecular formula is C28H27ClN2O3. The molecule has 6 heteroatoms. The van der Waals surface area contributed by atoms with Crippen molar-refractivity contribution < 1.29 is 14.3 Å². The van der Waals surface area contributed by atoms with E-state index in [1.165, 1.54) is 0 Å².